The number of ether oxygens (including phenoxy) is 1. The number of hydrogen-bond acceptors (Lipinski definition) is 4. The second-order valence-electron chi connectivity index (χ2n) is 4.92. The highest BCUT2D eigenvalue weighted by Crippen LogP contribution is 2.20. The summed E-state index contributed by atoms with van der Waals surface area (Å²) in [5.74, 6) is 0.181. The highest BCUT2D eigenvalue weighted by Gasteiger charge is 2.20. The van der Waals surface area contributed by atoms with Gasteiger partial charge in [0.1, 0.15) is 12.4 Å². The highest BCUT2D eigenvalue weighted by molar-refractivity contribution is 6.30. The van der Waals surface area contributed by atoms with Gasteiger partial charge in [-0.1, -0.05) is 23.7 Å². The molecule has 1 amide bonds. The number of carbonyl (C=O) groups is 1. The van der Waals surface area contributed by atoms with Crippen molar-refractivity contribution < 1.29 is 19.1 Å². The van der Waals surface area contributed by atoms with E-state index in [1.165, 1.54) is 0 Å². The van der Waals surface area contributed by atoms with E-state index < -0.39 is 0 Å². The first-order valence-corrected chi connectivity index (χ1v) is 7.18. The van der Waals surface area contributed by atoms with E-state index in [1.807, 2.05) is 12.1 Å². The summed E-state index contributed by atoms with van der Waals surface area (Å²) in [5.41, 5.74) is 1.51. The number of nitrogens with one attached hydrogen (secondary N) is 1. The van der Waals surface area contributed by atoms with Crippen molar-refractivity contribution in [3.8, 4) is 0 Å². The van der Waals surface area contributed by atoms with Crippen molar-refractivity contribution in [3.05, 3.63) is 58.0 Å². The molecule has 2 rings (SSSR count). The van der Waals surface area contributed by atoms with Crippen LogP contribution in [0.4, 0.5) is 0 Å². The molecule has 0 saturated heterocycles. The van der Waals surface area contributed by atoms with Crippen molar-refractivity contribution in [2.75, 3.05) is 13.7 Å². The molecule has 0 aliphatic heterocycles. The molecule has 0 spiro atoms. The van der Waals surface area contributed by atoms with Crippen LogP contribution < -0.4 is 5.32 Å². The zero-order chi connectivity index (χ0) is 16.1. The summed E-state index contributed by atoms with van der Waals surface area (Å²) in [6.45, 7) is 1.81. The molecule has 2 aromatic rings. The normalized spacial score (nSPS) is 12.2. The maximum atomic E-state index is 12.4. The molecule has 1 aromatic carbocycles. The van der Waals surface area contributed by atoms with Crippen LogP contribution in [0.2, 0.25) is 5.02 Å². The van der Waals surface area contributed by atoms with E-state index in [0.29, 0.717) is 23.0 Å². The van der Waals surface area contributed by atoms with E-state index in [2.05, 4.69) is 5.32 Å². The van der Waals surface area contributed by atoms with Crippen LogP contribution in [0.1, 0.15) is 33.5 Å². The van der Waals surface area contributed by atoms with E-state index in [0.717, 1.165) is 5.56 Å². The number of carbonyl (C=O) groups excluding carboxylic acids is 1. The van der Waals surface area contributed by atoms with Gasteiger partial charge in [0.2, 0.25) is 0 Å². The lowest BCUT2D eigenvalue weighted by Gasteiger charge is -2.18. The highest BCUT2D eigenvalue weighted by atomic mass is 35.5. The van der Waals surface area contributed by atoms with Gasteiger partial charge in [0.15, 0.2) is 5.76 Å². The predicted octanol–water partition coefficient (Wildman–Crippen LogP) is 2.85. The molecule has 1 heterocycles. The molecule has 1 aromatic heterocycles. The van der Waals surface area contributed by atoms with Crippen molar-refractivity contribution in [3.63, 3.8) is 0 Å². The molecular formula is C16H18ClNO4. The SMILES string of the molecule is COCC(NC(=O)c1oc(CO)cc1C)c1cccc(Cl)c1. The first-order valence-electron chi connectivity index (χ1n) is 6.80. The Morgan fingerprint density at radius 3 is 2.82 bits per heavy atom. The van der Waals surface area contributed by atoms with Crippen molar-refractivity contribution in [1.82, 2.24) is 5.32 Å². The largest absolute Gasteiger partial charge is 0.453 e. The van der Waals surface area contributed by atoms with Crippen molar-refractivity contribution in [2.45, 2.75) is 19.6 Å². The molecule has 2 N–H and O–H groups in total. The number of methoxy groups -OCH3 is 1. The van der Waals surface area contributed by atoms with Gasteiger partial charge in [0, 0.05) is 17.7 Å². The molecular weight excluding hydrogens is 306 g/mol. The maximum Gasteiger partial charge on any atom is 0.287 e. The summed E-state index contributed by atoms with van der Waals surface area (Å²) in [7, 11) is 1.56. The summed E-state index contributed by atoms with van der Waals surface area (Å²) in [5, 5.41) is 12.5. The van der Waals surface area contributed by atoms with Crippen LogP contribution in [0, 0.1) is 6.92 Å². The summed E-state index contributed by atoms with van der Waals surface area (Å²) >= 11 is 5.99. The Balaban J connectivity index is 2.20. The van der Waals surface area contributed by atoms with Crippen LogP contribution in [0.5, 0.6) is 0 Å². The van der Waals surface area contributed by atoms with Gasteiger partial charge in [-0.05, 0) is 30.7 Å². The third-order valence-electron chi connectivity index (χ3n) is 3.22. The number of aliphatic hydroxyl groups is 1. The molecule has 1 atom stereocenters. The van der Waals surface area contributed by atoms with Gasteiger partial charge in [-0.15, -0.1) is 0 Å². The first kappa shape index (κ1) is 16.5. The average molecular weight is 324 g/mol. The van der Waals surface area contributed by atoms with Crippen molar-refractivity contribution >= 4 is 17.5 Å². The molecule has 0 radical (unpaired) electrons. The third-order valence-corrected chi connectivity index (χ3v) is 3.46. The van der Waals surface area contributed by atoms with Gasteiger partial charge in [-0.25, -0.2) is 0 Å². The molecule has 1 unspecified atom stereocenters. The molecule has 0 bridgehead atoms. The van der Waals surface area contributed by atoms with Crippen LogP contribution >= 0.6 is 11.6 Å². The Bertz CT molecular complexity index is 653. The molecule has 0 aliphatic carbocycles. The Morgan fingerprint density at radius 1 is 1.45 bits per heavy atom. The molecule has 118 valence electrons. The standard InChI is InChI=1S/C16H18ClNO4/c1-10-6-13(8-19)22-15(10)16(20)18-14(9-21-2)11-4-3-5-12(17)7-11/h3-7,14,19H,8-9H2,1-2H3,(H,18,20). The van der Waals surface area contributed by atoms with E-state index >= 15 is 0 Å². The summed E-state index contributed by atoms with van der Waals surface area (Å²) in [4.78, 5) is 12.4. The maximum absolute atomic E-state index is 12.4. The zero-order valence-electron chi connectivity index (χ0n) is 12.4. The lowest BCUT2D eigenvalue weighted by atomic mass is 10.1. The topological polar surface area (TPSA) is 71.7 Å². The molecule has 0 aliphatic rings. The first-order chi connectivity index (χ1) is 10.5. The Hall–Kier alpha value is -1.82. The van der Waals surface area contributed by atoms with Gasteiger partial charge in [0.05, 0.1) is 12.6 Å². The number of halogens is 1. The fourth-order valence-corrected chi connectivity index (χ4v) is 2.39. The van der Waals surface area contributed by atoms with Crippen LogP contribution in [-0.2, 0) is 11.3 Å². The summed E-state index contributed by atoms with van der Waals surface area (Å²) in [6.07, 6.45) is 0. The van der Waals surface area contributed by atoms with Gasteiger partial charge < -0.3 is 19.6 Å². The minimum atomic E-state index is -0.362. The number of rotatable bonds is 6. The smallest absolute Gasteiger partial charge is 0.287 e. The molecule has 0 fully saturated rings. The van der Waals surface area contributed by atoms with Crippen LogP contribution in [0.25, 0.3) is 0 Å². The van der Waals surface area contributed by atoms with Crippen LogP contribution in [-0.4, -0.2) is 24.7 Å². The summed E-state index contributed by atoms with van der Waals surface area (Å²) < 4.78 is 10.5. The fraction of sp³-hybridized carbons (Fsp3) is 0.312. The third kappa shape index (κ3) is 3.88. The minimum Gasteiger partial charge on any atom is -0.453 e. The van der Waals surface area contributed by atoms with E-state index in [4.69, 9.17) is 25.9 Å². The Labute approximate surface area is 133 Å². The van der Waals surface area contributed by atoms with E-state index in [9.17, 15) is 4.79 Å². The van der Waals surface area contributed by atoms with Crippen LogP contribution in [0.3, 0.4) is 0 Å². The lowest BCUT2D eigenvalue weighted by molar-refractivity contribution is 0.0863. The van der Waals surface area contributed by atoms with Gasteiger partial charge >= 0.3 is 0 Å². The number of hydrogen-bond donors (Lipinski definition) is 2. The minimum absolute atomic E-state index is 0.187. The van der Waals surface area contributed by atoms with E-state index in [1.54, 1.807) is 32.2 Å². The second kappa shape index (κ2) is 7.45. The van der Waals surface area contributed by atoms with Gasteiger partial charge in [-0.3, -0.25) is 4.79 Å². The molecule has 0 saturated carbocycles. The van der Waals surface area contributed by atoms with Gasteiger partial charge in [0.25, 0.3) is 5.91 Å². The monoisotopic (exact) mass is 323 g/mol. The number of aryl methyl sites for hydroxylation is 1. The van der Waals surface area contributed by atoms with Crippen molar-refractivity contribution in [2.24, 2.45) is 0 Å². The van der Waals surface area contributed by atoms with Crippen LogP contribution in [0.15, 0.2) is 34.7 Å². The van der Waals surface area contributed by atoms with E-state index in [-0.39, 0.29) is 24.3 Å². The number of benzene rings is 1. The molecule has 22 heavy (non-hydrogen) atoms. The Kier molecular flexibility index (Phi) is 5.60. The fourth-order valence-electron chi connectivity index (χ4n) is 2.19. The molecule has 6 heteroatoms. The van der Waals surface area contributed by atoms with Gasteiger partial charge in [-0.2, -0.15) is 0 Å². The number of aliphatic hydroxyl groups excluding tert-OH is 1. The number of amides is 1. The Morgan fingerprint density at radius 2 is 2.23 bits per heavy atom. The molecule has 5 nitrogen and oxygen atoms in total. The predicted molar refractivity (Wildman–Crippen MR) is 82.9 cm³/mol. The average Bonchev–Trinajstić information content (AvgIpc) is 2.88. The second-order valence-corrected chi connectivity index (χ2v) is 5.36. The zero-order valence-corrected chi connectivity index (χ0v) is 13.2. The number of furan rings is 1. The van der Waals surface area contributed by atoms with Crippen molar-refractivity contribution in [1.29, 1.82) is 0 Å². The quantitative estimate of drug-likeness (QED) is 0.857. The summed E-state index contributed by atoms with van der Waals surface area (Å²) in [6, 6.07) is 8.51. The lowest BCUT2D eigenvalue weighted by Crippen LogP contribution is -2.31.